The number of fused-ring (bicyclic) bond motifs is 1. The van der Waals surface area contributed by atoms with Crippen molar-refractivity contribution in [3.05, 3.63) is 94.0 Å². The van der Waals surface area contributed by atoms with E-state index in [2.05, 4.69) is 0 Å². The third-order valence-corrected chi connectivity index (χ3v) is 6.03. The zero-order chi connectivity index (χ0) is 24.4. The lowest BCUT2D eigenvalue weighted by Crippen LogP contribution is -2.35. The molecule has 7 heteroatoms. The molecule has 1 heterocycles. The van der Waals surface area contributed by atoms with Gasteiger partial charge in [0.2, 0.25) is 0 Å². The number of hydrogen-bond donors (Lipinski definition) is 0. The highest BCUT2D eigenvalue weighted by Crippen LogP contribution is 2.27. The van der Waals surface area contributed by atoms with Crippen LogP contribution < -0.4 is 15.0 Å². The average molecular weight is 458 g/mol. The fourth-order valence-electron chi connectivity index (χ4n) is 3.96. The third kappa shape index (κ3) is 4.12. The number of carbonyl (C=O) groups is 1. The van der Waals surface area contributed by atoms with Crippen LogP contribution in [0.4, 0.5) is 0 Å². The lowest BCUT2D eigenvalue weighted by Gasteiger charge is -2.27. The predicted molar refractivity (Wildman–Crippen MR) is 132 cm³/mol. The van der Waals surface area contributed by atoms with Gasteiger partial charge in [-0.2, -0.15) is 0 Å². The summed E-state index contributed by atoms with van der Waals surface area (Å²) in [6, 6.07) is 19.4. The smallest absolute Gasteiger partial charge is 0.266 e. The van der Waals surface area contributed by atoms with Crippen LogP contribution in [0.1, 0.15) is 34.7 Å². The first kappa shape index (κ1) is 23.0. The van der Waals surface area contributed by atoms with E-state index in [0.29, 0.717) is 33.8 Å². The number of methoxy groups -OCH3 is 2. The molecule has 4 rings (SSSR count). The standard InChI is InChI=1S/C27H27N3O4/c1-17-10-6-9-13-24(17)30-25(28-23-12-8-7-11-22(23)27(30)32)18(2)29(3)26(31)19-14-20(33-4)16-21(15-19)34-5/h6-16,18H,1-5H3. The van der Waals surface area contributed by atoms with E-state index in [1.165, 1.54) is 14.2 Å². The van der Waals surface area contributed by atoms with E-state index < -0.39 is 6.04 Å². The van der Waals surface area contributed by atoms with Crippen molar-refractivity contribution >= 4 is 16.8 Å². The highest BCUT2D eigenvalue weighted by atomic mass is 16.5. The van der Waals surface area contributed by atoms with Gasteiger partial charge in [-0.3, -0.25) is 14.2 Å². The normalized spacial score (nSPS) is 11.8. The first-order valence-electron chi connectivity index (χ1n) is 10.9. The van der Waals surface area contributed by atoms with Crippen LogP contribution in [0.5, 0.6) is 11.5 Å². The van der Waals surface area contributed by atoms with Crippen LogP contribution in [0, 0.1) is 6.92 Å². The molecule has 0 saturated carbocycles. The molecule has 1 aromatic heterocycles. The Balaban J connectivity index is 1.86. The molecule has 0 N–H and O–H groups in total. The van der Waals surface area contributed by atoms with Gasteiger partial charge in [-0.1, -0.05) is 30.3 Å². The van der Waals surface area contributed by atoms with Crippen molar-refractivity contribution in [3.8, 4) is 17.2 Å². The van der Waals surface area contributed by atoms with Crippen molar-refractivity contribution in [2.75, 3.05) is 21.3 Å². The summed E-state index contributed by atoms with van der Waals surface area (Å²) < 4.78 is 12.2. The average Bonchev–Trinajstić information content (AvgIpc) is 2.87. The van der Waals surface area contributed by atoms with Crippen LogP contribution in [0.3, 0.4) is 0 Å². The summed E-state index contributed by atoms with van der Waals surface area (Å²) in [5.41, 5.74) is 2.49. The molecule has 0 aliphatic carbocycles. The van der Waals surface area contributed by atoms with Gasteiger partial charge in [-0.25, -0.2) is 4.98 Å². The molecule has 3 aromatic carbocycles. The van der Waals surface area contributed by atoms with E-state index in [1.54, 1.807) is 40.8 Å². The van der Waals surface area contributed by atoms with Gasteiger partial charge in [0.25, 0.3) is 11.5 Å². The van der Waals surface area contributed by atoms with Crippen molar-refractivity contribution < 1.29 is 14.3 Å². The largest absolute Gasteiger partial charge is 0.497 e. The van der Waals surface area contributed by atoms with Crippen LogP contribution in [-0.2, 0) is 0 Å². The minimum absolute atomic E-state index is 0.175. The molecule has 7 nitrogen and oxygen atoms in total. The zero-order valence-corrected chi connectivity index (χ0v) is 19.9. The predicted octanol–water partition coefficient (Wildman–Crippen LogP) is 4.54. The van der Waals surface area contributed by atoms with Gasteiger partial charge in [0.15, 0.2) is 0 Å². The SMILES string of the molecule is COc1cc(OC)cc(C(=O)N(C)C(C)c2nc3ccccc3c(=O)n2-c2ccccc2C)c1. The second kappa shape index (κ2) is 9.39. The van der Waals surface area contributed by atoms with E-state index >= 15 is 0 Å². The number of nitrogens with zero attached hydrogens (tertiary/aromatic N) is 3. The number of amides is 1. The summed E-state index contributed by atoms with van der Waals surface area (Å²) >= 11 is 0. The topological polar surface area (TPSA) is 73.7 Å². The molecule has 174 valence electrons. The number of carbonyl (C=O) groups excluding carboxylic acids is 1. The minimum Gasteiger partial charge on any atom is -0.497 e. The molecule has 4 aromatic rings. The molecule has 1 atom stereocenters. The molecule has 0 spiro atoms. The molecular weight excluding hydrogens is 430 g/mol. The Kier molecular flexibility index (Phi) is 6.36. The summed E-state index contributed by atoms with van der Waals surface area (Å²) in [5, 5.41) is 0.521. The number of aromatic nitrogens is 2. The number of para-hydroxylation sites is 2. The van der Waals surface area contributed by atoms with Gasteiger partial charge in [0, 0.05) is 18.7 Å². The Morgan fingerprint density at radius 1 is 0.971 bits per heavy atom. The van der Waals surface area contributed by atoms with E-state index in [1.807, 2.05) is 56.3 Å². The summed E-state index contributed by atoms with van der Waals surface area (Å²) in [7, 11) is 4.77. The fourth-order valence-corrected chi connectivity index (χ4v) is 3.96. The van der Waals surface area contributed by atoms with Gasteiger partial charge >= 0.3 is 0 Å². The van der Waals surface area contributed by atoms with Crippen molar-refractivity contribution in [2.24, 2.45) is 0 Å². The molecule has 1 unspecified atom stereocenters. The molecule has 0 radical (unpaired) electrons. The Labute approximate surface area is 198 Å². The van der Waals surface area contributed by atoms with Crippen LogP contribution in [-0.4, -0.2) is 41.6 Å². The number of benzene rings is 3. The zero-order valence-electron chi connectivity index (χ0n) is 19.9. The monoisotopic (exact) mass is 457 g/mol. The van der Waals surface area contributed by atoms with Crippen molar-refractivity contribution in [1.82, 2.24) is 14.5 Å². The summed E-state index contributed by atoms with van der Waals surface area (Å²) in [6.07, 6.45) is 0. The van der Waals surface area contributed by atoms with E-state index in [0.717, 1.165) is 11.3 Å². The molecule has 0 saturated heterocycles. The number of aryl methyl sites for hydroxylation is 1. The molecule has 0 fully saturated rings. The van der Waals surface area contributed by atoms with E-state index in [9.17, 15) is 9.59 Å². The first-order valence-corrected chi connectivity index (χ1v) is 10.9. The highest BCUT2D eigenvalue weighted by Gasteiger charge is 2.26. The van der Waals surface area contributed by atoms with Gasteiger partial charge in [0.1, 0.15) is 17.3 Å². The second-order valence-corrected chi connectivity index (χ2v) is 8.11. The van der Waals surface area contributed by atoms with Crippen LogP contribution in [0.25, 0.3) is 16.6 Å². The van der Waals surface area contributed by atoms with Crippen molar-refractivity contribution in [3.63, 3.8) is 0 Å². The molecule has 34 heavy (non-hydrogen) atoms. The maximum absolute atomic E-state index is 13.6. The van der Waals surface area contributed by atoms with Crippen LogP contribution >= 0.6 is 0 Å². The molecule has 0 aliphatic rings. The Morgan fingerprint density at radius 3 is 2.24 bits per heavy atom. The van der Waals surface area contributed by atoms with Crippen LogP contribution in [0.2, 0.25) is 0 Å². The number of rotatable bonds is 6. The fraction of sp³-hybridized carbons (Fsp3) is 0.222. The third-order valence-electron chi connectivity index (χ3n) is 6.03. The molecule has 0 bridgehead atoms. The van der Waals surface area contributed by atoms with Crippen molar-refractivity contribution in [1.29, 1.82) is 0 Å². The van der Waals surface area contributed by atoms with Crippen molar-refractivity contribution in [2.45, 2.75) is 19.9 Å². The second-order valence-electron chi connectivity index (χ2n) is 8.11. The Bertz CT molecular complexity index is 1410. The molecule has 1 amide bonds. The van der Waals surface area contributed by atoms with E-state index in [4.69, 9.17) is 14.5 Å². The van der Waals surface area contributed by atoms with Crippen LogP contribution in [0.15, 0.2) is 71.5 Å². The molecular formula is C27H27N3O4. The van der Waals surface area contributed by atoms with Gasteiger partial charge in [-0.05, 0) is 49.7 Å². The number of ether oxygens (including phenoxy) is 2. The molecule has 0 aliphatic heterocycles. The summed E-state index contributed by atoms with van der Waals surface area (Å²) in [5.74, 6) is 1.26. The lowest BCUT2D eigenvalue weighted by molar-refractivity contribution is 0.0734. The lowest BCUT2D eigenvalue weighted by atomic mass is 10.1. The van der Waals surface area contributed by atoms with E-state index in [-0.39, 0.29) is 11.5 Å². The first-order chi connectivity index (χ1) is 16.3. The maximum atomic E-state index is 13.6. The van der Waals surface area contributed by atoms with Gasteiger partial charge in [-0.15, -0.1) is 0 Å². The highest BCUT2D eigenvalue weighted by molar-refractivity contribution is 5.95. The Morgan fingerprint density at radius 2 is 1.59 bits per heavy atom. The van der Waals surface area contributed by atoms with Gasteiger partial charge < -0.3 is 14.4 Å². The Hall–Kier alpha value is -4.13. The van der Waals surface area contributed by atoms with Gasteiger partial charge in [0.05, 0.1) is 36.9 Å². The maximum Gasteiger partial charge on any atom is 0.266 e. The quantitative estimate of drug-likeness (QED) is 0.425. The summed E-state index contributed by atoms with van der Waals surface area (Å²) in [4.78, 5) is 33.5. The minimum atomic E-state index is -0.512. The summed E-state index contributed by atoms with van der Waals surface area (Å²) in [6.45, 7) is 3.81. The number of hydrogen-bond acceptors (Lipinski definition) is 5.